The quantitative estimate of drug-likeness (QED) is 0.360. The summed E-state index contributed by atoms with van der Waals surface area (Å²) in [5.41, 5.74) is -0.0609. The Hall–Kier alpha value is 0.116. The summed E-state index contributed by atoms with van der Waals surface area (Å²) in [6.45, 7) is 8.41. The molecular formula is C20H30KNO3-2. The minimum absolute atomic E-state index is 0. The molecule has 1 fully saturated rings. The van der Waals surface area contributed by atoms with Gasteiger partial charge in [0, 0.05) is 12.0 Å². The van der Waals surface area contributed by atoms with E-state index in [0.29, 0.717) is 6.29 Å². The molecular weight excluding hydrogens is 341 g/mol. The van der Waals surface area contributed by atoms with Crippen molar-refractivity contribution in [3.8, 4) is 0 Å². The molecule has 0 aromatic heterocycles. The van der Waals surface area contributed by atoms with Crippen molar-refractivity contribution < 1.29 is 66.4 Å². The van der Waals surface area contributed by atoms with Gasteiger partial charge in [-0.05, 0) is 27.7 Å². The van der Waals surface area contributed by atoms with E-state index in [1.165, 1.54) is 19.3 Å². The van der Waals surface area contributed by atoms with Crippen molar-refractivity contribution >= 4 is 18.2 Å². The molecule has 2 rings (SSSR count). The number of hydrogen-bond donors (Lipinski definition) is 2. The van der Waals surface area contributed by atoms with E-state index in [0.717, 1.165) is 11.3 Å². The predicted octanol–water partition coefficient (Wildman–Crippen LogP) is 1.04. The van der Waals surface area contributed by atoms with Gasteiger partial charge in [-0.1, -0.05) is 0 Å². The van der Waals surface area contributed by atoms with Crippen LogP contribution in [0.3, 0.4) is 0 Å². The van der Waals surface area contributed by atoms with Crippen LogP contribution in [0, 0.1) is 12.5 Å². The minimum atomic E-state index is -0.818. The van der Waals surface area contributed by atoms with Crippen LogP contribution in [-0.2, 0) is 10.4 Å². The first kappa shape index (κ1) is 27.3. The second-order valence-corrected chi connectivity index (χ2v) is 6.76. The summed E-state index contributed by atoms with van der Waals surface area (Å²) in [5, 5.41) is 18.4. The van der Waals surface area contributed by atoms with Gasteiger partial charge >= 0.3 is 51.4 Å². The van der Waals surface area contributed by atoms with Gasteiger partial charge in [0.2, 0.25) is 0 Å². The van der Waals surface area contributed by atoms with E-state index >= 15 is 0 Å². The number of benzene rings is 1. The molecule has 0 heterocycles. The normalized spacial score (nSPS) is 13.4. The van der Waals surface area contributed by atoms with Gasteiger partial charge < -0.3 is 26.4 Å². The van der Waals surface area contributed by atoms with Gasteiger partial charge in [0.05, 0.1) is 5.60 Å². The van der Waals surface area contributed by atoms with Crippen molar-refractivity contribution in [3.63, 3.8) is 0 Å². The monoisotopic (exact) mass is 371 g/mol. The van der Waals surface area contributed by atoms with Gasteiger partial charge in [-0.15, -0.1) is 18.9 Å². The van der Waals surface area contributed by atoms with Crippen LogP contribution in [0.25, 0.3) is 0 Å². The van der Waals surface area contributed by atoms with Crippen molar-refractivity contribution in [2.45, 2.75) is 71.5 Å². The Morgan fingerprint density at radius 1 is 1.28 bits per heavy atom. The molecule has 0 unspecified atom stereocenters. The maximum atomic E-state index is 9.66. The SMILES string of the molecule is CC(C)(O)CC=O.C[C-]=Nc1[c-]cc(C(C)(C)O)cc1.[CH-]1CCC1.[K+]. The molecule has 0 radical (unpaired) electrons. The van der Waals surface area contributed by atoms with Crippen LogP contribution in [0.1, 0.15) is 65.9 Å². The van der Waals surface area contributed by atoms with Gasteiger partial charge in [0.15, 0.2) is 0 Å². The molecule has 0 aliphatic heterocycles. The summed E-state index contributed by atoms with van der Waals surface area (Å²) in [6, 6.07) is 8.35. The summed E-state index contributed by atoms with van der Waals surface area (Å²) >= 11 is 0. The van der Waals surface area contributed by atoms with Gasteiger partial charge in [-0.2, -0.15) is 31.2 Å². The number of aldehydes is 1. The van der Waals surface area contributed by atoms with Crippen molar-refractivity contribution in [3.05, 3.63) is 36.2 Å². The molecule has 0 atom stereocenters. The first-order chi connectivity index (χ1) is 11.1. The third-order valence-corrected chi connectivity index (χ3v) is 3.13. The number of carbonyl (C=O) groups is 1. The zero-order chi connectivity index (χ0) is 18.6. The van der Waals surface area contributed by atoms with E-state index in [1.807, 2.05) is 12.1 Å². The second kappa shape index (κ2) is 14.2. The average Bonchev–Trinajstić information content (AvgIpc) is 2.36. The molecule has 1 aromatic rings. The molecule has 136 valence electrons. The molecule has 25 heavy (non-hydrogen) atoms. The maximum absolute atomic E-state index is 9.66. The van der Waals surface area contributed by atoms with Crippen LogP contribution >= 0.6 is 0 Å². The van der Waals surface area contributed by atoms with E-state index in [1.54, 1.807) is 40.7 Å². The summed E-state index contributed by atoms with van der Waals surface area (Å²) < 4.78 is 0. The Morgan fingerprint density at radius 2 is 1.80 bits per heavy atom. The van der Waals surface area contributed by atoms with Crippen LogP contribution in [0.5, 0.6) is 0 Å². The molecule has 0 bridgehead atoms. The first-order valence-electron chi connectivity index (χ1n) is 8.20. The van der Waals surface area contributed by atoms with E-state index in [2.05, 4.69) is 23.7 Å². The fourth-order valence-corrected chi connectivity index (χ4v) is 1.40. The fourth-order valence-electron chi connectivity index (χ4n) is 1.40. The van der Waals surface area contributed by atoms with E-state index in [4.69, 9.17) is 5.11 Å². The zero-order valence-corrected chi connectivity index (χ0v) is 19.6. The smallest absolute Gasteiger partial charge is 0.482 e. The topological polar surface area (TPSA) is 69.9 Å². The molecule has 1 aliphatic rings. The summed E-state index contributed by atoms with van der Waals surface area (Å²) in [6.07, 6.45) is 10.1. The molecule has 1 saturated carbocycles. The number of aliphatic imine (C=N–C) groups is 1. The molecule has 0 spiro atoms. The molecule has 0 amide bonds. The molecule has 1 aromatic carbocycles. The van der Waals surface area contributed by atoms with E-state index in [9.17, 15) is 9.90 Å². The van der Waals surface area contributed by atoms with Crippen LogP contribution in [0.15, 0.2) is 23.2 Å². The van der Waals surface area contributed by atoms with Crippen molar-refractivity contribution in [1.29, 1.82) is 0 Å². The third-order valence-electron chi connectivity index (χ3n) is 3.13. The summed E-state index contributed by atoms with van der Waals surface area (Å²) in [5.74, 6) is 0. The van der Waals surface area contributed by atoms with Crippen LogP contribution in [0.2, 0.25) is 0 Å². The van der Waals surface area contributed by atoms with Crippen molar-refractivity contribution in [2.75, 3.05) is 0 Å². The van der Waals surface area contributed by atoms with E-state index < -0.39 is 11.2 Å². The summed E-state index contributed by atoms with van der Waals surface area (Å²) in [7, 11) is 0. The number of hydrogen-bond acceptors (Lipinski definition) is 4. The van der Waals surface area contributed by atoms with E-state index in [-0.39, 0.29) is 57.8 Å². The zero-order valence-electron chi connectivity index (χ0n) is 16.5. The van der Waals surface area contributed by atoms with Gasteiger partial charge in [0.1, 0.15) is 6.29 Å². The molecule has 4 nitrogen and oxygen atoms in total. The first-order valence-corrected chi connectivity index (χ1v) is 8.20. The van der Waals surface area contributed by atoms with Gasteiger partial charge in [0.25, 0.3) is 0 Å². The number of rotatable bonds is 4. The Kier molecular flexibility index (Phi) is 15.5. The minimum Gasteiger partial charge on any atom is -0.482 e. The van der Waals surface area contributed by atoms with Crippen molar-refractivity contribution in [2.24, 2.45) is 4.99 Å². The third kappa shape index (κ3) is 16.0. The number of aliphatic hydroxyl groups is 2. The van der Waals surface area contributed by atoms with Gasteiger partial charge in [-0.3, -0.25) is 6.07 Å². The molecule has 2 N–H and O–H groups in total. The molecule has 5 heteroatoms. The maximum Gasteiger partial charge on any atom is 1.00 e. The number of carbonyl (C=O) groups excluding carboxylic acids is 1. The largest absolute Gasteiger partial charge is 1.00 e. The summed E-state index contributed by atoms with van der Waals surface area (Å²) in [4.78, 5) is 13.6. The van der Waals surface area contributed by atoms with Crippen LogP contribution < -0.4 is 51.4 Å². The Bertz CT molecular complexity index is 477. The Morgan fingerprint density at radius 3 is 2.00 bits per heavy atom. The van der Waals surface area contributed by atoms with Crippen LogP contribution in [0.4, 0.5) is 5.69 Å². The fraction of sp³-hybridized carbons (Fsp3) is 0.550. The molecule has 1 aliphatic carbocycles. The Labute approximate surface area is 195 Å². The number of nitrogens with zero attached hydrogens (tertiary/aromatic N) is 1. The Balaban J connectivity index is 0. The van der Waals surface area contributed by atoms with Crippen molar-refractivity contribution in [1.82, 2.24) is 0 Å². The average molecular weight is 372 g/mol. The van der Waals surface area contributed by atoms with Gasteiger partial charge in [-0.25, -0.2) is 11.8 Å². The van der Waals surface area contributed by atoms with Crippen LogP contribution in [-0.4, -0.2) is 28.3 Å². The second-order valence-electron chi connectivity index (χ2n) is 6.76. The molecule has 0 saturated heterocycles. The predicted molar refractivity (Wildman–Crippen MR) is 98.4 cm³/mol. The standard InChI is InChI=1S/C11H13NO.C5H10O2.C4H7.K/c1-4-12-10-7-5-9(6-8-10)11(2,3)13;1-5(2,7)3-4-6;1-2-4-3-1;/h5-7,13H,1-3H3;4,7H,3H2,1-2H3;1H,2-4H2;/q-2;;-1;+1.